The van der Waals surface area contributed by atoms with Gasteiger partial charge in [-0.1, -0.05) is 32.1 Å². The van der Waals surface area contributed by atoms with Crippen LogP contribution in [0.25, 0.3) is 0 Å². The van der Waals surface area contributed by atoms with E-state index in [1.165, 1.54) is 0 Å². The van der Waals surface area contributed by atoms with Gasteiger partial charge in [0.15, 0.2) is 5.13 Å². The molecular formula is C12H20N2O2S. The Kier molecular flexibility index (Phi) is 3.70. The van der Waals surface area contributed by atoms with Crippen LogP contribution in [-0.2, 0) is 16.8 Å². The van der Waals surface area contributed by atoms with Crippen LogP contribution in [0.15, 0.2) is 0 Å². The zero-order valence-electron chi connectivity index (χ0n) is 10.7. The smallest absolute Gasteiger partial charge is 0.186 e. The number of ether oxygens (including phenoxy) is 1. The highest BCUT2D eigenvalue weighted by molar-refractivity contribution is 7.15. The molecule has 0 radical (unpaired) electrons. The van der Waals surface area contributed by atoms with Crippen LogP contribution in [0, 0.1) is 0 Å². The number of aliphatic hydroxyl groups excluding tert-OH is 1. The van der Waals surface area contributed by atoms with Gasteiger partial charge in [-0.15, -0.1) is 0 Å². The summed E-state index contributed by atoms with van der Waals surface area (Å²) in [4.78, 5) is 7.93. The lowest BCUT2D eigenvalue weighted by Gasteiger charge is -2.26. The third-order valence-electron chi connectivity index (χ3n) is 2.82. The highest BCUT2D eigenvalue weighted by Crippen LogP contribution is 2.34. The molecule has 0 aromatic carbocycles. The standard InChI is InChI=1S/C12H20N2O2S/c1-12(2,3)10-9(8-15)17-11(13-10)14-4-6-16-7-5-14/h15H,4-8H2,1-3H3. The normalized spacial score (nSPS) is 17.5. The van der Waals surface area contributed by atoms with Gasteiger partial charge in [-0.25, -0.2) is 4.98 Å². The maximum absolute atomic E-state index is 9.42. The van der Waals surface area contributed by atoms with Gasteiger partial charge in [0.25, 0.3) is 0 Å². The molecule has 0 amide bonds. The fraction of sp³-hybridized carbons (Fsp3) is 0.750. The van der Waals surface area contributed by atoms with Crippen molar-refractivity contribution in [3.63, 3.8) is 0 Å². The number of hydrogen-bond acceptors (Lipinski definition) is 5. The van der Waals surface area contributed by atoms with E-state index in [1.54, 1.807) is 11.3 Å². The Labute approximate surface area is 106 Å². The van der Waals surface area contributed by atoms with Crippen molar-refractivity contribution in [3.8, 4) is 0 Å². The quantitative estimate of drug-likeness (QED) is 0.876. The molecule has 1 saturated heterocycles. The maximum Gasteiger partial charge on any atom is 0.186 e. The van der Waals surface area contributed by atoms with Gasteiger partial charge in [0, 0.05) is 18.5 Å². The van der Waals surface area contributed by atoms with Crippen molar-refractivity contribution in [3.05, 3.63) is 10.6 Å². The molecule has 1 aliphatic heterocycles. The van der Waals surface area contributed by atoms with Crippen LogP contribution in [0.4, 0.5) is 5.13 Å². The first-order valence-corrected chi connectivity index (χ1v) is 6.78. The maximum atomic E-state index is 9.42. The first-order chi connectivity index (χ1) is 8.02. The molecule has 2 heterocycles. The number of hydrogen-bond donors (Lipinski definition) is 1. The minimum Gasteiger partial charge on any atom is -0.391 e. The van der Waals surface area contributed by atoms with E-state index < -0.39 is 0 Å². The Hall–Kier alpha value is -0.650. The number of thiazole rings is 1. The van der Waals surface area contributed by atoms with Gasteiger partial charge in [-0.3, -0.25) is 0 Å². The van der Waals surface area contributed by atoms with E-state index in [1.807, 2.05) is 0 Å². The van der Waals surface area contributed by atoms with Crippen LogP contribution < -0.4 is 4.90 Å². The van der Waals surface area contributed by atoms with E-state index >= 15 is 0 Å². The lowest BCUT2D eigenvalue weighted by Crippen LogP contribution is -2.36. The molecule has 1 aromatic rings. The van der Waals surface area contributed by atoms with Crippen molar-refractivity contribution < 1.29 is 9.84 Å². The number of anilines is 1. The van der Waals surface area contributed by atoms with Crippen LogP contribution in [0.2, 0.25) is 0 Å². The summed E-state index contributed by atoms with van der Waals surface area (Å²) in [5.74, 6) is 0. The highest BCUT2D eigenvalue weighted by Gasteiger charge is 2.25. The van der Waals surface area contributed by atoms with Crippen LogP contribution in [-0.4, -0.2) is 36.4 Å². The van der Waals surface area contributed by atoms with Crippen molar-refractivity contribution in [1.82, 2.24) is 4.98 Å². The monoisotopic (exact) mass is 256 g/mol. The zero-order chi connectivity index (χ0) is 12.5. The van der Waals surface area contributed by atoms with E-state index in [2.05, 4.69) is 25.7 Å². The number of rotatable bonds is 2. The molecule has 1 N–H and O–H groups in total. The molecular weight excluding hydrogens is 236 g/mol. The van der Waals surface area contributed by atoms with Gasteiger partial charge in [-0.2, -0.15) is 0 Å². The molecule has 0 saturated carbocycles. The van der Waals surface area contributed by atoms with Crippen molar-refractivity contribution in [2.45, 2.75) is 32.8 Å². The summed E-state index contributed by atoms with van der Waals surface area (Å²) < 4.78 is 5.34. The van der Waals surface area contributed by atoms with E-state index in [0.717, 1.165) is 42.0 Å². The van der Waals surface area contributed by atoms with Gasteiger partial charge in [-0.05, 0) is 0 Å². The second-order valence-electron chi connectivity index (χ2n) is 5.28. The molecule has 0 bridgehead atoms. The fourth-order valence-electron chi connectivity index (χ4n) is 1.92. The third kappa shape index (κ3) is 2.78. The lowest BCUT2D eigenvalue weighted by molar-refractivity contribution is 0.122. The fourth-order valence-corrected chi connectivity index (χ4v) is 3.10. The highest BCUT2D eigenvalue weighted by atomic mass is 32.1. The molecule has 1 fully saturated rings. The van der Waals surface area contributed by atoms with Gasteiger partial charge in [0.1, 0.15) is 0 Å². The molecule has 1 aliphatic rings. The number of nitrogens with zero attached hydrogens (tertiary/aromatic N) is 2. The molecule has 1 aromatic heterocycles. The molecule has 0 unspecified atom stereocenters. The molecule has 2 rings (SSSR count). The Morgan fingerprint density at radius 2 is 2.00 bits per heavy atom. The first kappa shape index (κ1) is 12.8. The summed E-state index contributed by atoms with van der Waals surface area (Å²) in [6.45, 7) is 9.77. The summed E-state index contributed by atoms with van der Waals surface area (Å²) in [6.07, 6.45) is 0. The largest absolute Gasteiger partial charge is 0.391 e. The minimum atomic E-state index is -0.0148. The molecule has 0 atom stereocenters. The average molecular weight is 256 g/mol. The topological polar surface area (TPSA) is 45.6 Å². The Morgan fingerprint density at radius 3 is 2.47 bits per heavy atom. The molecule has 17 heavy (non-hydrogen) atoms. The van der Waals surface area contributed by atoms with Crippen molar-refractivity contribution >= 4 is 16.5 Å². The third-order valence-corrected chi connectivity index (χ3v) is 3.92. The summed E-state index contributed by atoms with van der Waals surface area (Å²) >= 11 is 1.60. The summed E-state index contributed by atoms with van der Waals surface area (Å²) in [6, 6.07) is 0. The number of aromatic nitrogens is 1. The van der Waals surface area contributed by atoms with Crippen LogP contribution in [0.1, 0.15) is 31.3 Å². The number of morpholine rings is 1. The lowest BCUT2D eigenvalue weighted by atomic mass is 9.91. The second kappa shape index (κ2) is 4.92. The molecule has 0 spiro atoms. The van der Waals surface area contributed by atoms with E-state index in [0.29, 0.717) is 0 Å². The molecule has 0 aliphatic carbocycles. The molecule has 96 valence electrons. The average Bonchev–Trinajstić information content (AvgIpc) is 2.74. The van der Waals surface area contributed by atoms with E-state index in [9.17, 15) is 5.11 Å². The van der Waals surface area contributed by atoms with E-state index in [-0.39, 0.29) is 12.0 Å². The number of aliphatic hydroxyl groups is 1. The predicted molar refractivity (Wildman–Crippen MR) is 69.8 cm³/mol. The first-order valence-electron chi connectivity index (χ1n) is 5.96. The van der Waals surface area contributed by atoms with E-state index in [4.69, 9.17) is 9.72 Å². The van der Waals surface area contributed by atoms with Crippen LogP contribution in [0.3, 0.4) is 0 Å². The summed E-state index contributed by atoms with van der Waals surface area (Å²) in [7, 11) is 0. The van der Waals surface area contributed by atoms with Gasteiger partial charge >= 0.3 is 0 Å². The zero-order valence-corrected chi connectivity index (χ0v) is 11.5. The van der Waals surface area contributed by atoms with Crippen molar-refractivity contribution in [1.29, 1.82) is 0 Å². The summed E-state index contributed by atoms with van der Waals surface area (Å²) in [5, 5.41) is 10.4. The minimum absolute atomic E-state index is 0.0148. The van der Waals surface area contributed by atoms with Crippen molar-refractivity contribution in [2.75, 3.05) is 31.2 Å². The SMILES string of the molecule is CC(C)(C)c1nc(N2CCOCC2)sc1CO. The Bertz CT molecular complexity index is 378. The Balaban J connectivity index is 2.27. The Morgan fingerprint density at radius 1 is 1.35 bits per heavy atom. The summed E-state index contributed by atoms with van der Waals surface area (Å²) in [5.41, 5.74) is 1.01. The van der Waals surface area contributed by atoms with Crippen LogP contribution in [0.5, 0.6) is 0 Å². The second-order valence-corrected chi connectivity index (χ2v) is 6.34. The molecule has 4 nitrogen and oxygen atoms in total. The predicted octanol–water partition coefficient (Wildman–Crippen LogP) is 1.77. The van der Waals surface area contributed by atoms with Gasteiger partial charge in [0.05, 0.1) is 30.4 Å². The van der Waals surface area contributed by atoms with Crippen molar-refractivity contribution in [2.24, 2.45) is 0 Å². The van der Waals surface area contributed by atoms with Gasteiger partial charge in [0.2, 0.25) is 0 Å². The van der Waals surface area contributed by atoms with Gasteiger partial charge < -0.3 is 14.7 Å². The molecule has 5 heteroatoms. The van der Waals surface area contributed by atoms with Crippen LogP contribution >= 0.6 is 11.3 Å².